The molecule has 3 nitrogen and oxygen atoms in total. The molecular weight excluding hydrogens is 202 g/mol. The van der Waals surface area contributed by atoms with Gasteiger partial charge in [0.1, 0.15) is 0 Å². The molecule has 0 aromatic carbocycles. The average Bonchev–Trinajstić information content (AvgIpc) is 2.91. The van der Waals surface area contributed by atoms with Crippen LogP contribution in [0.3, 0.4) is 0 Å². The van der Waals surface area contributed by atoms with Crippen molar-refractivity contribution < 1.29 is 9.59 Å². The number of hydrogen-bond acceptors (Lipinski definition) is 2. The van der Waals surface area contributed by atoms with Gasteiger partial charge in [0.2, 0.25) is 11.8 Å². The summed E-state index contributed by atoms with van der Waals surface area (Å²) >= 11 is 0. The predicted molar refractivity (Wildman–Crippen MR) is 61.6 cm³/mol. The molecular formula is C13H21NO2. The zero-order chi connectivity index (χ0) is 11.9. The summed E-state index contributed by atoms with van der Waals surface area (Å²) in [6, 6.07) is 0. The molecule has 0 radical (unpaired) electrons. The lowest BCUT2D eigenvalue weighted by atomic mass is 9.80. The van der Waals surface area contributed by atoms with Gasteiger partial charge < -0.3 is 0 Å². The van der Waals surface area contributed by atoms with Gasteiger partial charge in [-0.15, -0.1) is 0 Å². The van der Waals surface area contributed by atoms with Crippen LogP contribution < -0.4 is 0 Å². The quantitative estimate of drug-likeness (QED) is 0.685. The van der Waals surface area contributed by atoms with Gasteiger partial charge in [-0.25, -0.2) is 0 Å². The van der Waals surface area contributed by atoms with Crippen LogP contribution in [0.5, 0.6) is 0 Å². The molecule has 1 atom stereocenters. The zero-order valence-corrected chi connectivity index (χ0v) is 10.5. The van der Waals surface area contributed by atoms with Crippen LogP contribution >= 0.6 is 0 Å². The van der Waals surface area contributed by atoms with Crippen LogP contribution in [-0.4, -0.2) is 23.3 Å². The summed E-state index contributed by atoms with van der Waals surface area (Å²) in [6.45, 7) is 6.82. The molecule has 1 saturated heterocycles. The molecule has 2 rings (SSSR count). The van der Waals surface area contributed by atoms with Gasteiger partial charge in [-0.05, 0) is 31.1 Å². The van der Waals surface area contributed by atoms with E-state index in [0.29, 0.717) is 24.8 Å². The van der Waals surface area contributed by atoms with Crippen LogP contribution in [0, 0.1) is 17.3 Å². The summed E-state index contributed by atoms with van der Waals surface area (Å²) in [7, 11) is 0. The monoisotopic (exact) mass is 223 g/mol. The Labute approximate surface area is 97.2 Å². The van der Waals surface area contributed by atoms with Gasteiger partial charge in [0.05, 0.1) is 5.41 Å². The predicted octanol–water partition coefficient (Wildman–Crippen LogP) is 2.21. The van der Waals surface area contributed by atoms with Crippen LogP contribution in [0.25, 0.3) is 0 Å². The topological polar surface area (TPSA) is 37.4 Å². The van der Waals surface area contributed by atoms with Gasteiger partial charge >= 0.3 is 0 Å². The fourth-order valence-electron chi connectivity index (χ4n) is 2.75. The molecule has 1 saturated carbocycles. The molecule has 2 aliphatic rings. The second kappa shape index (κ2) is 3.86. The van der Waals surface area contributed by atoms with Crippen molar-refractivity contribution >= 4 is 11.8 Å². The van der Waals surface area contributed by atoms with E-state index in [2.05, 4.69) is 13.8 Å². The zero-order valence-electron chi connectivity index (χ0n) is 10.5. The molecule has 0 unspecified atom stereocenters. The molecule has 1 heterocycles. The van der Waals surface area contributed by atoms with Crippen LogP contribution in [0.15, 0.2) is 0 Å². The maximum absolute atomic E-state index is 12.2. The number of likely N-dealkylation sites (tertiary alicyclic amines) is 1. The van der Waals surface area contributed by atoms with Crippen molar-refractivity contribution in [3.05, 3.63) is 0 Å². The Kier molecular flexibility index (Phi) is 2.81. The molecule has 90 valence electrons. The number of hydrogen-bond donors (Lipinski definition) is 0. The maximum atomic E-state index is 12.2. The number of carbonyl (C=O) groups is 2. The lowest BCUT2D eigenvalue weighted by molar-refractivity contribution is -0.141. The Morgan fingerprint density at radius 3 is 2.50 bits per heavy atom. The fourth-order valence-corrected chi connectivity index (χ4v) is 2.75. The van der Waals surface area contributed by atoms with Gasteiger partial charge in [0.25, 0.3) is 0 Å². The first-order chi connectivity index (χ1) is 7.42. The van der Waals surface area contributed by atoms with Gasteiger partial charge in [-0.3, -0.25) is 14.5 Å². The Morgan fingerprint density at radius 2 is 2.00 bits per heavy atom. The Morgan fingerprint density at radius 1 is 1.38 bits per heavy atom. The first-order valence-electron chi connectivity index (χ1n) is 6.27. The summed E-state index contributed by atoms with van der Waals surface area (Å²) in [5, 5.41) is 0. The van der Waals surface area contributed by atoms with Crippen molar-refractivity contribution in [2.45, 2.75) is 46.5 Å². The number of carbonyl (C=O) groups excluding carboxylic acids is 2. The van der Waals surface area contributed by atoms with Gasteiger partial charge in [-0.2, -0.15) is 0 Å². The number of nitrogens with zero attached hydrogens (tertiary/aromatic N) is 1. The Hall–Kier alpha value is -0.860. The van der Waals surface area contributed by atoms with E-state index in [-0.39, 0.29) is 11.8 Å². The third-order valence-corrected chi connectivity index (χ3v) is 3.60. The van der Waals surface area contributed by atoms with Crippen molar-refractivity contribution in [3.8, 4) is 0 Å². The van der Waals surface area contributed by atoms with Crippen molar-refractivity contribution in [1.29, 1.82) is 0 Å². The molecule has 0 spiro atoms. The van der Waals surface area contributed by atoms with E-state index in [9.17, 15) is 9.59 Å². The number of imide groups is 1. The van der Waals surface area contributed by atoms with Crippen LogP contribution in [0.1, 0.15) is 46.5 Å². The normalized spacial score (nSPS) is 30.6. The highest BCUT2D eigenvalue weighted by atomic mass is 16.2. The standard InChI is InChI=1S/C13H21NO2/c1-9(2)6-13(3)7-11(15)14(12(13)16)8-10-4-5-10/h9-10H,4-8H2,1-3H3/t13-/m1/s1. The number of rotatable bonds is 4. The molecule has 3 heteroatoms. The minimum atomic E-state index is -0.430. The minimum absolute atomic E-state index is 0.0417. The molecule has 0 aromatic heterocycles. The van der Waals surface area contributed by atoms with Crippen LogP contribution in [-0.2, 0) is 9.59 Å². The summed E-state index contributed by atoms with van der Waals surface area (Å²) in [6.07, 6.45) is 3.59. The second-order valence-electron chi connectivity index (χ2n) is 6.09. The van der Waals surface area contributed by atoms with Crippen LogP contribution in [0.4, 0.5) is 0 Å². The summed E-state index contributed by atoms with van der Waals surface area (Å²) in [5.41, 5.74) is -0.430. The molecule has 1 aliphatic heterocycles. The SMILES string of the molecule is CC(C)C[C@]1(C)CC(=O)N(CC2CC2)C1=O. The summed E-state index contributed by atoms with van der Waals surface area (Å²) in [5.74, 6) is 1.16. The average molecular weight is 223 g/mol. The van der Waals surface area contributed by atoms with E-state index in [0.717, 1.165) is 6.42 Å². The Bertz CT molecular complexity index is 320. The van der Waals surface area contributed by atoms with Gasteiger partial charge in [-0.1, -0.05) is 20.8 Å². The lowest BCUT2D eigenvalue weighted by Gasteiger charge is -2.23. The van der Waals surface area contributed by atoms with Crippen molar-refractivity contribution in [2.75, 3.05) is 6.54 Å². The first kappa shape index (κ1) is 11.6. The van der Waals surface area contributed by atoms with E-state index in [1.54, 1.807) is 0 Å². The van der Waals surface area contributed by atoms with E-state index in [4.69, 9.17) is 0 Å². The molecule has 1 aliphatic carbocycles. The third kappa shape index (κ3) is 2.13. The smallest absolute Gasteiger partial charge is 0.235 e. The first-order valence-corrected chi connectivity index (χ1v) is 6.27. The van der Waals surface area contributed by atoms with Crippen molar-refractivity contribution in [1.82, 2.24) is 4.90 Å². The second-order valence-corrected chi connectivity index (χ2v) is 6.09. The van der Waals surface area contributed by atoms with E-state index in [1.807, 2.05) is 6.92 Å². The highest BCUT2D eigenvalue weighted by Gasteiger charge is 2.49. The molecule has 0 aromatic rings. The lowest BCUT2D eigenvalue weighted by Crippen LogP contribution is -2.36. The van der Waals surface area contributed by atoms with Crippen molar-refractivity contribution in [2.24, 2.45) is 17.3 Å². The van der Waals surface area contributed by atoms with Gasteiger partial charge in [0.15, 0.2) is 0 Å². The molecule has 2 fully saturated rings. The molecule has 2 amide bonds. The van der Waals surface area contributed by atoms with Crippen LogP contribution in [0.2, 0.25) is 0 Å². The van der Waals surface area contributed by atoms with E-state index >= 15 is 0 Å². The highest BCUT2D eigenvalue weighted by Crippen LogP contribution is 2.40. The minimum Gasteiger partial charge on any atom is -0.282 e. The van der Waals surface area contributed by atoms with E-state index in [1.165, 1.54) is 17.7 Å². The fraction of sp³-hybridized carbons (Fsp3) is 0.846. The van der Waals surface area contributed by atoms with E-state index < -0.39 is 5.41 Å². The third-order valence-electron chi connectivity index (χ3n) is 3.60. The summed E-state index contributed by atoms with van der Waals surface area (Å²) < 4.78 is 0. The molecule has 0 bridgehead atoms. The molecule has 16 heavy (non-hydrogen) atoms. The Balaban J connectivity index is 2.07. The summed E-state index contributed by atoms with van der Waals surface area (Å²) in [4.78, 5) is 25.6. The number of amides is 2. The maximum Gasteiger partial charge on any atom is 0.235 e. The van der Waals surface area contributed by atoms with Gasteiger partial charge in [0, 0.05) is 13.0 Å². The highest BCUT2D eigenvalue weighted by molar-refractivity contribution is 6.05. The van der Waals surface area contributed by atoms with Crippen molar-refractivity contribution in [3.63, 3.8) is 0 Å². The molecule has 0 N–H and O–H groups in total. The largest absolute Gasteiger partial charge is 0.282 e.